The van der Waals surface area contributed by atoms with Crippen LogP contribution in [0.25, 0.3) is 0 Å². The highest BCUT2D eigenvalue weighted by Crippen LogP contribution is 2.30. The number of nitrogens with one attached hydrogen (secondary N) is 1. The van der Waals surface area contributed by atoms with Crippen LogP contribution >= 0.6 is 0 Å². The van der Waals surface area contributed by atoms with Crippen molar-refractivity contribution in [1.82, 2.24) is 10.2 Å². The quantitative estimate of drug-likeness (QED) is 0.905. The number of amides is 1. The van der Waals surface area contributed by atoms with Gasteiger partial charge in [0.25, 0.3) is 0 Å². The van der Waals surface area contributed by atoms with Crippen molar-refractivity contribution in [2.75, 3.05) is 37.6 Å². The Morgan fingerprint density at radius 3 is 2.77 bits per heavy atom. The Labute approximate surface area is 133 Å². The first-order valence-corrected chi connectivity index (χ1v) is 8.44. The minimum atomic E-state index is 0.0441. The zero-order chi connectivity index (χ0) is 15.6. The van der Waals surface area contributed by atoms with Crippen LogP contribution < -0.4 is 10.2 Å². The molecule has 0 bridgehead atoms. The number of nitrogens with zero attached hydrogens (tertiary/aromatic N) is 2. The van der Waals surface area contributed by atoms with Crippen molar-refractivity contribution < 1.29 is 4.79 Å². The van der Waals surface area contributed by atoms with Gasteiger partial charge in [-0.2, -0.15) is 0 Å². The molecule has 4 heteroatoms. The highest BCUT2D eigenvalue weighted by Gasteiger charge is 2.39. The fourth-order valence-corrected chi connectivity index (χ4v) is 3.80. The lowest BCUT2D eigenvalue weighted by molar-refractivity contribution is -0.122. The van der Waals surface area contributed by atoms with Crippen LogP contribution in [0.3, 0.4) is 0 Å². The van der Waals surface area contributed by atoms with Gasteiger partial charge in [-0.15, -0.1) is 0 Å². The summed E-state index contributed by atoms with van der Waals surface area (Å²) in [5.74, 6) is 0.266. The van der Waals surface area contributed by atoms with E-state index in [1.807, 2.05) is 35.2 Å². The van der Waals surface area contributed by atoms with E-state index in [4.69, 9.17) is 0 Å². The van der Waals surface area contributed by atoms with Crippen molar-refractivity contribution in [1.29, 1.82) is 0 Å². The minimum absolute atomic E-state index is 0.0441. The van der Waals surface area contributed by atoms with Gasteiger partial charge in [0.05, 0.1) is 6.04 Å². The Kier molecular flexibility index (Phi) is 4.50. The number of hydrogen-bond donors (Lipinski definition) is 1. The number of carbonyl (C=O) groups excluding carboxylic acids is 1. The fourth-order valence-electron chi connectivity index (χ4n) is 3.80. The molecule has 2 atom stereocenters. The average Bonchev–Trinajstić information content (AvgIpc) is 3.13. The van der Waals surface area contributed by atoms with Gasteiger partial charge >= 0.3 is 0 Å². The van der Waals surface area contributed by atoms with E-state index < -0.39 is 0 Å². The van der Waals surface area contributed by atoms with E-state index >= 15 is 0 Å². The third-order valence-electron chi connectivity index (χ3n) is 5.13. The molecule has 2 aliphatic heterocycles. The van der Waals surface area contributed by atoms with E-state index in [2.05, 4.69) is 24.1 Å². The van der Waals surface area contributed by atoms with Gasteiger partial charge in [-0.1, -0.05) is 32.0 Å². The standard InChI is InChI=1S/C18H27N3O/c1-3-20(14-18(2)10-11-19-13-18)16-9-12-21(17(16)22)15-7-5-4-6-8-15/h4-8,16,19H,3,9-14H2,1-2H3. The molecule has 120 valence electrons. The molecule has 0 aliphatic carbocycles. The molecule has 1 amide bonds. The molecule has 2 unspecified atom stereocenters. The Balaban J connectivity index is 1.70. The first kappa shape index (κ1) is 15.5. The lowest BCUT2D eigenvalue weighted by Gasteiger charge is -2.34. The van der Waals surface area contributed by atoms with E-state index in [0.29, 0.717) is 5.41 Å². The summed E-state index contributed by atoms with van der Waals surface area (Å²) < 4.78 is 0. The zero-order valence-electron chi connectivity index (χ0n) is 13.7. The minimum Gasteiger partial charge on any atom is -0.316 e. The van der Waals surface area contributed by atoms with Gasteiger partial charge in [-0.25, -0.2) is 0 Å². The van der Waals surface area contributed by atoms with Crippen molar-refractivity contribution in [3.8, 4) is 0 Å². The molecular formula is C18H27N3O. The summed E-state index contributed by atoms with van der Waals surface area (Å²) in [4.78, 5) is 17.2. The van der Waals surface area contributed by atoms with Crippen molar-refractivity contribution in [2.45, 2.75) is 32.7 Å². The maximum absolute atomic E-state index is 12.9. The lowest BCUT2D eigenvalue weighted by atomic mass is 9.88. The molecule has 0 radical (unpaired) electrons. The molecular weight excluding hydrogens is 274 g/mol. The van der Waals surface area contributed by atoms with Gasteiger partial charge in [-0.05, 0) is 43.5 Å². The smallest absolute Gasteiger partial charge is 0.244 e. The maximum atomic E-state index is 12.9. The van der Waals surface area contributed by atoms with Crippen molar-refractivity contribution in [3.05, 3.63) is 30.3 Å². The number of benzene rings is 1. The van der Waals surface area contributed by atoms with Crippen molar-refractivity contribution in [3.63, 3.8) is 0 Å². The van der Waals surface area contributed by atoms with Crippen LogP contribution in [-0.2, 0) is 4.79 Å². The largest absolute Gasteiger partial charge is 0.316 e. The molecule has 0 aromatic heterocycles. The summed E-state index contributed by atoms with van der Waals surface area (Å²) in [5, 5.41) is 3.46. The van der Waals surface area contributed by atoms with E-state index in [0.717, 1.165) is 44.8 Å². The first-order valence-electron chi connectivity index (χ1n) is 8.44. The van der Waals surface area contributed by atoms with Crippen LogP contribution in [0.4, 0.5) is 5.69 Å². The molecule has 4 nitrogen and oxygen atoms in total. The van der Waals surface area contributed by atoms with Gasteiger partial charge in [0.15, 0.2) is 0 Å². The first-order chi connectivity index (χ1) is 10.6. The van der Waals surface area contributed by atoms with E-state index in [-0.39, 0.29) is 11.9 Å². The average molecular weight is 301 g/mol. The third-order valence-corrected chi connectivity index (χ3v) is 5.13. The topological polar surface area (TPSA) is 35.6 Å². The molecule has 1 aromatic carbocycles. The fraction of sp³-hybridized carbons (Fsp3) is 0.611. The van der Waals surface area contributed by atoms with Crippen LogP contribution in [0, 0.1) is 5.41 Å². The molecule has 1 aromatic rings. The van der Waals surface area contributed by atoms with Crippen molar-refractivity contribution in [2.24, 2.45) is 5.41 Å². The van der Waals surface area contributed by atoms with Gasteiger partial charge in [0.2, 0.25) is 5.91 Å². The van der Waals surface area contributed by atoms with E-state index in [1.165, 1.54) is 6.42 Å². The number of hydrogen-bond acceptors (Lipinski definition) is 3. The molecule has 0 saturated carbocycles. The highest BCUT2D eigenvalue weighted by molar-refractivity contribution is 5.99. The summed E-state index contributed by atoms with van der Waals surface area (Å²) in [6.07, 6.45) is 2.14. The molecule has 22 heavy (non-hydrogen) atoms. The third kappa shape index (κ3) is 3.03. The summed E-state index contributed by atoms with van der Waals surface area (Å²) in [5.41, 5.74) is 1.33. The molecule has 2 fully saturated rings. The van der Waals surface area contributed by atoms with Gasteiger partial charge in [0.1, 0.15) is 0 Å². The number of likely N-dealkylation sites (N-methyl/N-ethyl adjacent to an activating group) is 1. The summed E-state index contributed by atoms with van der Waals surface area (Å²) in [7, 11) is 0. The van der Waals surface area contributed by atoms with Gasteiger partial charge in [-0.3, -0.25) is 9.69 Å². The zero-order valence-corrected chi connectivity index (χ0v) is 13.7. The van der Waals surface area contributed by atoms with E-state index in [9.17, 15) is 4.79 Å². The Morgan fingerprint density at radius 1 is 1.36 bits per heavy atom. The maximum Gasteiger partial charge on any atom is 0.244 e. The van der Waals surface area contributed by atoms with Crippen LogP contribution in [0.2, 0.25) is 0 Å². The summed E-state index contributed by atoms with van der Waals surface area (Å²) in [6.45, 7) is 9.45. The van der Waals surface area contributed by atoms with Crippen LogP contribution in [0.5, 0.6) is 0 Å². The number of anilines is 1. The van der Waals surface area contributed by atoms with Crippen LogP contribution in [0.15, 0.2) is 30.3 Å². The Morgan fingerprint density at radius 2 is 2.14 bits per heavy atom. The molecule has 2 aliphatic rings. The highest BCUT2D eigenvalue weighted by atomic mass is 16.2. The number of carbonyl (C=O) groups is 1. The monoisotopic (exact) mass is 301 g/mol. The number of rotatable bonds is 5. The molecule has 2 saturated heterocycles. The van der Waals surface area contributed by atoms with Gasteiger partial charge in [0, 0.05) is 25.3 Å². The Hall–Kier alpha value is -1.39. The summed E-state index contributed by atoms with van der Waals surface area (Å²) >= 11 is 0. The number of para-hydroxylation sites is 1. The Bertz CT molecular complexity index is 510. The molecule has 2 heterocycles. The second kappa shape index (κ2) is 6.39. The van der Waals surface area contributed by atoms with Gasteiger partial charge < -0.3 is 10.2 Å². The van der Waals surface area contributed by atoms with E-state index in [1.54, 1.807) is 0 Å². The second-order valence-corrected chi connectivity index (χ2v) is 6.93. The van der Waals surface area contributed by atoms with Crippen molar-refractivity contribution >= 4 is 11.6 Å². The van der Waals surface area contributed by atoms with Crippen LogP contribution in [-0.4, -0.2) is 49.6 Å². The lowest BCUT2D eigenvalue weighted by Crippen LogP contribution is -2.47. The van der Waals surface area contributed by atoms with Crippen LogP contribution in [0.1, 0.15) is 26.7 Å². The second-order valence-electron chi connectivity index (χ2n) is 6.93. The predicted octanol–water partition coefficient (Wildman–Crippen LogP) is 2.11. The predicted molar refractivity (Wildman–Crippen MR) is 90.0 cm³/mol. The normalized spacial score (nSPS) is 28.8. The molecule has 3 rings (SSSR count). The molecule has 1 N–H and O–H groups in total. The SMILES string of the molecule is CCN(CC1(C)CCNC1)C1CCN(c2ccccc2)C1=O. The molecule has 0 spiro atoms. The summed E-state index contributed by atoms with van der Waals surface area (Å²) in [6, 6.07) is 10.1.